The van der Waals surface area contributed by atoms with E-state index in [9.17, 15) is 14.4 Å². The Kier molecular flexibility index (Phi) is 6.41. The molecule has 31 heavy (non-hydrogen) atoms. The van der Waals surface area contributed by atoms with Crippen molar-refractivity contribution in [3.63, 3.8) is 0 Å². The third-order valence-electron chi connectivity index (χ3n) is 9.26. The van der Waals surface area contributed by atoms with E-state index in [1.165, 1.54) is 12.5 Å². The van der Waals surface area contributed by atoms with E-state index in [2.05, 4.69) is 35.9 Å². The average Bonchev–Trinajstić information content (AvgIpc) is 3.09. The lowest BCUT2D eigenvalue weighted by molar-refractivity contribution is -0.149. The molecular formula is C25H35BrO5. The van der Waals surface area contributed by atoms with E-state index < -0.39 is 0 Å². The summed E-state index contributed by atoms with van der Waals surface area (Å²) in [5.74, 6) is 1.34. The Labute approximate surface area is 193 Å². The first kappa shape index (κ1) is 23.0. The van der Waals surface area contributed by atoms with Crippen LogP contribution in [0.25, 0.3) is 0 Å². The number of hydrogen-bond acceptors (Lipinski definition) is 5. The van der Waals surface area contributed by atoms with Crippen LogP contribution < -0.4 is 0 Å². The van der Waals surface area contributed by atoms with E-state index in [1.807, 2.05) is 0 Å². The monoisotopic (exact) mass is 494 g/mol. The van der Waals surface area contributed by atoms with Gasteiger partial charge in [0.05, 0.1) is 0 Å². The molecule has 4 aliphatic rings. The van der Waals surface area contributed by atoms with Crippen LogP contribution in [-0.2, 0) is 23.9 Å². The SMILES string of the molecule is CC(=O)O[C@H]1CC[C@@]2(C)C(=CC[C@H]3[C@@H]4CC[C@H](C(=O)COC(=O)CBr)[C@@]4(C)CC[C@@H]32)C1. The summed E-state index contributed by atoms with van der Waals surface area (Å²) in [6.45, 7) is 6.15. The summed E-state index contributed by atoms with van der Waals surface area (Å²) >= 11 is 3.08. The van der Waals surface area contributed by atoms with Gasteiger partial charge in [-0.15, -0.1) is 0 Å². The number of rotatable bonds is 5. The molecule has 3 saturated carbocycles. The molecule has 0 N–H and O–H groups in total. The highest BCUT2D eigenvalue weighted by atomic mass is 79.9. The van der Waals surface area contributed by atoms with Crippen LogP contribution in [-0.4, -0.2) is 35.8 Å². The van der Waals surface area contributed by atoms with Gasteiger partial charge in [-0.1, -0.05) is 41.4 Å². The fourth-order valence-electron chi connectivity index (χ4n) is 7.78. The predicted molar refractivity (Wildman–Crippen MR) is 121 cm³/mol. The van der Waals surface area contributed by atoms with Crippen molar-refractivity contribution in [2.24, 2.45) is 34.5 Å². The van der Waals surface area contributed by atoms with Gasteiger partial charge in [0.25, 0.3) is 0 Å². The Bertz CT molecular complexity index is 791. The molecule has 0 spiro atoms. The summed E-state index contributed by atoms with van der Waals surface area (Å²) in [5, 5.41) is 0.125. The van der Waals surface area contributed by atoms with Crippen LogP contribution in [0.4, 0.5) is 0 Å². The zero-order valence-corrected chi connectivity index (χ0v) is 20.5. The number of Topliss-reactive ketones (excluding diaryl/α,β-unsaturated/α-hetero) is 1. The first-order valence-electron chi connectivity index (χ1n) is 11.8. The third-order valence-corrected chi connectivity index (χ3v) is 9.72. The van der Waals surface area contributed by atoms with Gasteiger partial charge in [-0.05, 0) is 73.5 Å². The van der Waals surface area contributed by atoms with Gasteiger partial charge in [-0.25, -0.2) is 0 Å². The fourth-order valence-corrected chi connectivity index (χ4v) is 7.94. The topological polar surface area (TPSA) is 69.7 Å². The van der Waals surface area contributed by atoms with Gasteiger partial charge in [0.15, 0.2) is 5.78 Å². The molecule has 0 aromatic carbocycles. The standard InChI is InChI=1S/C25H35BrO5/c1-15(27)31-17-8-10-24(2)16(12-17)4-5-18-19-6-7-21(22(28)14-30-23(29)13-26)25(19,3)11-9-20(18)24/h4,17-21H,5-14H2,1-3H3/t17-,18-,19-,20-,21+,24-,25-/m0/s1. The van der Waals surface area contributed by atoms with Crippen LogP contribution in [0.1, 0.15) is 72.1 Å². The highest BCUT2D eigenvalue weighted by molar-refractivity contribution is 9.09. The molecule has 172 valence electrons. The molecule has 0 aromatic heterocycles. The second kappa shape index (κ2) is 8.64. The molecule has 0 amide bonds. The van der Waals surface area contributed by atoms with Crippen molar-refractivity contribution in [3.05, 3.63) is 11.6 Å². The molecule has 4 aliphatic carbocycles. The van der Waals surface area contributed by atoms with Gasteiger partial charge in [-0.3, -0.25) is 14.4 Å². The van der Waals surface area contributed by atoms with Crippen LogP contribution >= 0.6 is 15.9 Å². The highest BCUT2D eigenvalue weighted by Gasteiger charge is 2.59. The lowest BCUT2D eigenvalue weighted by Crippen LogP contribution is -2.51. The van der Waals surface area contributed by atoms with Crippen LogP contribution in [0, 0.1) is 34.5 Å². The van der Waals surface area contributed by atoms with Crippen molar-refractivity contribution in [3.8, 4) is 0 Å². The van der Waals surface area contributed by atoms with Crippen LogP contribution in [0.3, 0.4) is 0 Å². The summed E-state index contributed by atoms with van der Waals surface area (Å²) in [6.07, 6.45) is 10.7. The van der Waals surface area contributed by atoms with Crippen molar-refractivity contribution < 1.29 is 23.9 Å². The van der Waals surface area contributed by atoms with E-state index in [4.69, 9.17) is 9.47 Å². The first-order chi connectivity index (χ1) is 14.7. The number of alkyl halides is 1. The fraction of sp³-hybridized carbons (Fsp3) is 0.800. The number of hydrogen-bond donors (Lipinski definition) is 0. The van der Waals surface area contributed by atoms with Gasteiger partial charge in [0.1, 0.15) is 18.0 Å². The number of ether oxygens (including phenoxy) is 2. The highest BCUT2D eigenvalue weighted by Crippen LogP contribution is 2.66. The number of allylic oxidation sites excluding steroid dienone is 1. The van der Waals surface area contributed by atoms with Crippen LogP contribution in [0.5, 0.6) is 0 Å². The molecule has 0 heterocycles. The minimum atomic E-state index is -0.376. The molecule has 7 atom stereocenters. The Balaban J connectivity index is 1.49. The molecule has 0 unspecified atom stereocenters. The number of ketones is 1. The van der Waals surface area contributed by atoms with Crippen molar-refractivity contribution >= 4 is 33.7 Å². The van der Waals surface area contributed by atoms with Crippen molar-refractivity contribution in [2.75, 3.05) is 11.9 Å². The average molecular weight is 495 g/mol. The van der Waals surface area contributed by atoms with Crippen molar-refractivity contribution in [1.29, 1.82) is 0 Å². The zero-order valence-electron chi connectivity index (χ0n) is 19.0. The summed E-state index contributed by atoms with van der Waals surface area (Å²) in [4.78, 5) is 35.9. The molecule has 5 nitrogen and oxygen atoms in total. The molecule has 0 bridgehead atoms. The molecule has 3 fully saturated rings. The van der Waals surface area contributed by atoms with Crippen molar-refractivity contribution in [2.45, 2.75) is 78.2 Å². The van der Waals surface area contributed by atoms with Gasteiger partial charge >= 0.3 is 11.9 Å². The van der Waals surface area contributed by atoms with E-state index in [0.717, 1.165) is 51.4 Å². The maximum atomic E-state index is 13.0. The smallest absolute Gasteiger partial charge is 0.316 e. The zero-order chi connectivity index (χ0) is 22.4. The molecular weight excluding hydrogens is 460 g/mol. The van der Waals surface area contributed by atoms with E-state index in [0.29, 0.717) is 17.8 Å². The van der Waals surface area contributed by atoms with Gasteiger partial charge in [0.2, 0.25) is 0 Å². The number of esters is 2. The number of fused-ring (bicyclic) bond motifs is 5. The Hall–Kier alpha value is -1.17. The third kappa shape index (κ3) is 4.02. The largest absolute Gasteiger partial charge is 0.462 e. The minimum absolute atomic E-state index is 0.000499. The van der Waals surface area contributed by atoms with E-state index in [1.54, 1.807) is 0 Å². The van der Waals surface area contributed by atoms with Crippen LogP contribution in [0.2, 0.25) is 0 Å². The van der Waals surface area contributed by atoms with Crippen LogP contribution in [0.15, 0.2) is 11.6 Å². The molecule has 0 radical (unpaired) electrons. The maximum absolute atomic E-state index is 13.0. The second-order valence-electron chi connectivity index (χ2n) is 10.7. The quantitative estimate of drug-likeness (QED) is 0.305. The number of carbonyl (C=O) groups is 3. The summed E-state index contributed by atoms with van der Waals surface area (Å²) in [5.41, 5.74) is 1.69. The van der Waals surface area contributed by atoms with Gasteiger partial charge in [0, 0.05) is 19.3 Å². The normalized spacial score (nSPS) is 41.3. The minimum Gasteiger partial charge on any atom is -0.462 e. The number of halogens is 1. The summed E-state index contributed by atoms with van der Waals surface area (Å²) < 4.78 is 10.7. The second-order valence-corrected chi connectivity index (χ2v) is 11.2. The lowest BCUT2D eigenvalue weighted by Gasteiger charge is -2.58. The first-order valence-corrected chi connectivity index (χ1v) is 12.9. The molecule has 0 saturated heterocycles. The molecule has 0 aliphatic heterocycles. The molecule has 6 heteroatoms. The molecule has 0 aromatic rings. The molecule has 4 rings (SSSR count). The van der Waals surface area contributed by atoms with E-state index in [-0.39, 0.29) is 52.5 Å². The predicted octanol–water partition coefficient (Wildman–Crippen LogP) is 5.00. The Morgan fingerprint density at radius 3 is 2.58 bits per heavy atom. The summed E-state index contributed by atoms with van der Waals surface area (Å²) in [7, 11) is 0. The number of carbonyl (C=O) groups excluding carboxylic acids is 3. The van der Waals surface area contributed by atoms with Gasteiger partial charge < -0.3 is 9.47 Å². The van der Waals surface area contributed by atoms with Crippen molar-refractivity contribution in [1.82, 2.24) is 0 Å². The Morgan fingerprint density at radius 1 is 1.10 bits per heavy atom. The Morgan fingerprint density at radius 2 is 1.87 bits per heavy atom. The summed E-state index contributed by atoms with van der Waals surface area (Å²) in [6, 6.07) is 0. The van der Waals surface area contributed by atoms with Gasteiger partial charge in [-0.2, -0.15) is 0 Å². The van der Waals surface area contributed by atoms with E-state index >= 15 is 0 Å². The lowest BCUT2D eigenvalue weighted by atomic mass is 9.47. The maximum Gasteiger partial charge on any atom is 0.316 e.